The highest BCUT2D eigenvalue weighted by Gasteiger charge is 2.12. The van der Waals surface area contributed by atoms with Gasteiger partial charge in [-0.25, -0.2) is 0 Å². The van der Waals surface area contributed by atoms with Crippen molar-refractivity contribution in [1.29, 1.82) is 0 Å². The van der Waals surface area contributed by atoms with E-state index in [1.54, 1.807) is 23.4 Å². The van der Waals surface area contributed by atoms with E-state index in [9.17, 15) is 4.79 Å². The number of benzene rings is 2. The first-order valence-corrected chi connectivity index (χ1v) is 10.8. The number of amides is 1. The maximum Gasteiger partial charge on any atom is 0.240 e. The second-order valence-electron chi connectivity index (χ2n) is 6.56. The average Bonchev–Trinajstić information content (AvgIpc) is 3.09. The first-order chi connectivity index (χ1) is 14.1. The van der Waals surface area contributed by atoms with Crippen LogP contribution in [0.15, 0.2) is 48.5 Å². The highest BCUT2D eigenvalue weighted by atomic mass is 32.2. The van der Waals surface area contributed by atoms with Crippen molar-refractivity contribution in [3.63, 3.8) is 0 Å². The largest absolute Gasteiger partial charge is 0.497 e. The van der Waals surface area contributed by atoms with Crippen LogP contribution in [-0.4, -0.2) is 40.1 Å². The van der Waals surface area contributed by atoms with Gasteiger partial charge in [0.15, 0.2) is 10.6 Å². The summed E-state index contributed by atoms with van der Waals surface area (Å²) < 4.78 is 7.30. The fraction of sp³-hybridized carbons (Fsp3) is 0.286. The summed E-state index contributed by atoms with van der Waals surface area (Å²) in [6.07, 6.45) is 0. The van der Waals surface area contributed by atoms with E-state index < -0.39 is 0 Å². The molecule has 2 aromatic carbocycles. The second kappa shape index (κ2) is 10.3. The lowest BCUT2D eigenvalue weighted by molar-refractivity contribution is -0.121. The number of carbonyl (C=O) groups is 1. The van der Waals surface area contributed by atoms with Crippen LogP contribution in [0.1, 0.15) is 11.1 Å². The molecule has 29 heavy (non-hydrogen) atoms. The van der Waals surface area contributed by atoms with Gasteiger partial charge in [-0.1, -0.05) is 29.8 Å². The van der Waals surface area contributed by atoms with Crippen LogP contribution in [0.25, 0.3) is 11.4 Å². The van der Waals surface area contributed by atoms with Crippen LogP contribution in [0.5, 0.6) is 5.75 Å². The summed E-state index contributed by atoms with van der Waals surface area (Å²) in [7, 11) is 1.62. The molecule has 6 nitrogen and oxygen atoms in total. The van der Waals surface area contributed by atoms with Gasteiger partial charge in [0.25, 0.3) is 0 Å². The number of H-pyrrole nitrogens is 1. The SMILES string of the molecule is COc1ccc(-c2n[nH]c(=S)n2CC(=O)NCCSCc2ccc(C)cc2)cc1. The van der Waals surface area contributed by atoms with Gasteiger partial charge in [0, 0.05) is 23.6 Å². The molecule has 3 rings (SSSR count). The van der Waals surface area contributed by atoms with Crippen molar-refractivity contribution in [2.45, 2.75) is 19.2 Å². The Morgan fingerprint density at radius 2 is 1.93 bits per heavy atom. The molecule has 0 aliphatic carbocycles. The highest BCUT2D eigenvalue weighted by Crippen LogP contribution is 2.20. The minimum Gasteiger partial charge on any atom is -0.497 e. The van der Waals surface area contributed by atoms with Crippen molar-refractivity contribution < 1.29 is 9.53 Å². The van der Waals surface area contributed by atoms with Crippen LogP contribution in [0, 0.1) is 11.7 Å². The molecule has 0 radical (unpaired) electrons. The Labute approximate surface area is 179 Å². The monoisotopic (exact) mass is 428 g/mol. The van der Waals surface area contributed by atoms with Crippen molar-refractivity contribution in [2.75, 3.05) is 19.4 Å². The zero-order chi connectivity index (χ0) is 20.6. The first-order valence-electron chi connectivity index (χ1n) is 9.26. The molecule has 0 atom stereocenters. The summed E-state index contributed by atoms with van der Waals surface area (Å²) in [5.41, 5.74) is 3.42. The molecule has 3 aromatic rings. The molecule has 152 valence electrons. The first kappa shape index (κ1) is 21.1. The van der Waals surface area contributed by atoms with E-state index >= 15 is 0 Å². The second-order valence-corrected chi connectivity index (χ2v) is 8.05. The van der Waals surface area contributed by atoms with E-state index in [2.05, 4.69) is 46.7 Å². The van der Waals surface area contributed by atoms with Crippen LogP contribution in [0.2, 0.25) is 0 Å². The number of hydrogen-bond acceptors (Lipinski definition) is 5. The minimum absolute atomic E-state index is 0.0896. The number of rotatable bonds is 9. The van der Waals surface area contributed by atoms with Gasteiger partial charge in [0.05, 0.1) is 7.11 Å². The lowest BCUT2D eigenvalue weighted by atomic mass is 10.2. The van der Waals surface area contributed by atoms with Gasteiger partial charge in [-0.15, -0.1) is 0 Å². The number of thioether (sulfide) groups is 1. The highest BCUT2D eigenvalue weighted by molar-refractivity contribution is 7.98. The van der Waals surface area contributed by atoms with Crippen LogP contribution in [0.3, 0.4) is 0 Å². The van der Waals surface area contributed by atoms with Gasteiger partial charge >= 0.3 is 0 Å². The van der Waals surface area contributed by atoms with Gasteiger partial charge in [0.1, 0.15) is 12.3 Å². The lowest BCUT2D eigenvalue weighted by Gasteiger charge is -2.09. The Bertz CT molecular complexity index is 995. The molecular weight excluding hydrogens is 404 g/mol. The third kappa shape index (κ3) is 5.95. The van der Waals surface area contributed by atoms with E-state index in [0.29, 0.717) is 17.1 Å². The quantitative estimate of drug-likeness (QED) is 0.399. The smallest absolute Gasteiger partial charge is 0.240 e. The maximum atomic E-state index is 12.4. The Kier molecular flexibility index (Phi) is 7.48. The molecule has 0 fully saturated rings. The van der Waals surface area contributed by atoms with Gasteiger partial charge in [-0.05, 0) is 49.0 Å². The predicted octanol–water partition coefficient (Wildman–Crippen LogP) is 3.97. The molecule has 1 amide bonds. The summed E-state index contributed by atoms with van der Waals surface area (Å²) in [6, 6.07) is 16.0. The summed E-state index contributed by atoms with van der Waals surface area (Å²) in [5, 5.41) is 9.99. The van der Waals surface area contributed by atoms with E-state index in [4.69, 9.17) is 17.0 Å². The minimum atomic E-state index is -0.0896. The average molecular weight is 429 g/mol. The number of aromatic nitrogens is 3. The molecule has 0 aliphatic rings. The summed E-state index contributed by atoms with van der Waals surface area (Å²) >= 11 is 7.09. The van der Waals surface area contributed by atoms with Crippen LogP contribution in [-0.2, 0) is 17.1 Å². The standard InChI is InChI=1S/C21H24N4O2S2/c1-15-3-5-16(6-4-15)14-29-12-11-22-19(26)13-25-20(23-24-21(25)28)17-7-9-18(27-2)10-8-17/h3-10H,11-14H2,1-2H3,(H,22,26)(H,24,28). The molecule has 8 heteroatoms. The Morgan fingerprint density at radius 3 is 2.62 bits per heavy atom. The van der Waals surface area contributed by atoms with E-state index in [1.807, 2.05) is 24.3 Å². The molecule has 0 saturated heterocycles. The number of carbonyl (C=O) groups excluding carboxylic acids is 1. The number of nitrogens with one attached hydrogen (secondary N) is 2. The van der Waals surface area contributed by atoms with Crippen molar-refractivity contribution in [3.8, 4) is 17.1 Å². The van der Waals surface area contributed by atoms with Crippen molar-refractivity contribution >= 4 is 29.9 Å². The van der Waals surface area contributed by atoms with Crippen LogP contribution >= 0.6 is 24.0 Å². The maximum absolute atomic E-state index is 12.4. The van der Waals surface area contributed by atoms with Gasteiger partial charge in [-0.3, -0.25) is 14.5 Å². The fourth-order valence-electron chi connectivity index (χ4n) is 2.76. The van der Waals surface area contributed by atoms with Crippen LogP contribution < -0.4 is 10.1 Å². The van der Waals surface area contributed by atoms with Crippen LogP contribution in [0.4, 0.5) is 0 Å². The molecule has 0 aliphatic heterocycles. The topological polar surface area (TPSA) is 71.9 Å². The number of ether oxygens (including phenoxy) is 1. The van der Waals surface area contributed by atoms with Gasteiger partial charge < -0.3 is 10.1 Å². The van der Waals surface area contributed by atoms with Crippen molar-refractivity contribution in [3.05, 3.63) is 64.4 Å². The van der Waals surface area contributed by atoms with Crippen molar-refractivity contribution in [2.24, 2.45) is 0 Å². The Balaban J connectivity index is 1.49. The van der Waals surface area contributed by atoms with Gasteiger partial charge in [-0.2, -0.15) is 16.9 Å². The number of aromatic amines is 1. The molecular formula is C21H24N4O2S2. The van der Waals surface area contributed by atoms with Crippen molar-refractivity contribution in [1.82, 2.24) is 20.1 Å². The number of aryl methyl sites for hydroxylation is 1. The van der Waals surface area contributed by atoms with E-state index in [1.165, 1.54) is 11.1 Å². The predicted molar refractivity (Wildman–Crippen MR) is 120 cm³/mol. The molecule has 1 heterocycles. The third-order valence-electron chi connectivity index (χ3n) is 4.37. The number of hydrogen-bond donors (Lipinski definition) is 2. The molecule has 1 aromatic heterocycles. The third-order valence-corrected chi connectivity index (χ3v) is 5.71. The molecule has 2 N–H and O–H groups in total. The lowest BCUT2D eigenvalue weighted by Crippen LogP contribution is -2.29. The zero-order valence-electron chi connectivity index (χ0n) is 16.5. The summed E-state index contributed by atoms with van der Waals surface area (Å²) in [4.78, 5) is 12.4. The Hall–Kier alpha value is -2.58. The van der Waals surface area contributed by atoms with E-state index in [-0.39, 0.29) is 12.5 Å². The zero-order valence-corrected chi connectivity index (χ0v) is 18.1. The molecule has 0 spiro atoms. The molecule has 0 saturated carbocycles. The number of nitrogens with zero attached hydrogens (tertiary/aromatic N) is 2. The Morgan fingerprint density at radius 1 is 1.21 bits per heavy atom. The molecule has 0 bridgehead atoms. The summed E-state index contributed by atoms with van der Waals surface area (Å²) in [5.74, 6) is 3.08. The van der Waals surface area contributed by atoms with Gasteiger partial charge in [0.2, 0.25) is 5.91 Å². The fourth-order valence-corrected chi connectivity index (χ4v) is 3.78. The van der Waals surface area contributed by atoms with E-state index in [0.717, 1.165) is 22.8 Å². The molecule has 0 unspecified atom stereocenters. The summed E-state index contributed by atoms with van der Waals surface area (Å²) in [6.45, 7) is 2.82. The normalized spacial score (nSPS) is 10.7. The number of methoxy groups -OCH3 is 1.